The second-order valence-corrected chi connectivity index (χ2v) is 10.2. The Morgan fingerprint density at radius 2 is 1.69 bits per heavy atom. The molecule has 0 fully saturated rings. The van der Waals surface area contributed by atoms with Crippen LogP contribution in [0.4, 0.5) is 0 Å². The number of rotatable bonds is 9. The number of hydrogen-bond donors (Lipinski definition) is 4. The minimum Gasteiger partial charge on any atom is -0.507 e. The van der Waals surface area contributed by atoms with Crippen LogP contribution in [0.1, 0.15) is 65.0 Å². The van der Waals surface area contributed by atoms with E-state index >= 15 is 0 Å². The molecule has 0 spiro atoms. The number of aromatic hydroxyl groups is 3. The van der Waals surface area contributed by atoms with E-state index in [1.807, 2.05) is 13.0 Å². The van der Waals surface area contributed by atoms with Gasteiger partial charge in [-0.2, -0.15) is 0 Å². The molecule has 0 bridgehead atoms. The van der Waals surface area contributed by atoms with Crippen molar-refractivity contribution >= 4 is 21.9 Å². The van der Waals surface area contributed by atoms with Gasteiger partial charge < -0.3 is 29.6 Å². The molecular formula is C29H36O7. The Kier molecular flexibility index (Phi) is 8.04. The normalized spacial score (nSPS) is 12.4. The Morgan fingerprint density at radius 1 is 1.00 bits per heavy atom. The second-order valence-electron chi connectivity index (χ2n) is 10.2. The van der Waals surface area contributed by atoms with Gasteiger partial charge in [-0.15, -0.1) is 0 Å². The van der Waals surface area contributed by atoms with Crippen molar-refractivity contribution in [1.82, 2.24) is 0 Å². The summed E-state index contributed by atoms with van der Waals surface area (Å²) in [4.78, 5) is 13.7. The van der Waals surface area contributed by atoms with Gasteiger partial charge in [-0.3, -0.25) is 4.79 Å². The largest absolute Gasteiger partial charge is 0.507 e. The van der Waals surface area contributed by atoms with E-state index in [4.69, 9.17) is 9.15 Å². The van der Waals surface area contributed by atoms with Gasteiger partial charge in [0.05, 0.1) is 18.1 Å². The molecule has 0 saturated carbocycles. The van der Waals surface area contributed by atoms with E-state index in [0.29, 0.717) is 24.0 Å². The minimum absolute atomic E-state index is 0.0526. The average Bonchev–Trinajstić information content (AvgIpc) is 2.75. The number of aliphatic hydroxyl groups is 1. The predicted molar refractivity (Wildman–Crippen MR) is 142 cm³/mol. The lowest BCUT2D eigenvalue weighted by molar-refractivity contribution is 0.0713. The van der Waals surface area contributed by atoms with Crippen molar-refractivity contribution in [2.75, 3.05) is 7.11 Å². The lowest BCUT2D eigenvalue weighted by Crippen LogP contribution is -2.20. The Bertz CT molecular complexity index is 1400. The Balaban J connectivity index is 2.23. The zero-order valence-electron chi connectivity index (χ0n) is 21.9. The molecule has 1 aromatic heterocycles. The molecule has 194 valence electrons. The molecule has 7 heteroatoms. The van der Waals surface area contributed by atoms with E-state index in [2.05, 4.69) is 19.9 Å². The molecule has 2 aromatic carbocycles. The summed E-state index contributed by atoms with van der Waals surface area (Å²) < 4.78 is 11.5. The first-order chi connectivity index (χ1) is 16.8. The number of aryl methyl sites for hydroxylation is 1. The third-order valence-electron chi connectivity index (χ3n) is 6.27. The zero-order valence-corrected chi connectivity index (χ0v) is 21.9. The fourth-order valence-electron chi connectivity index (χ4n) is 4.31. The molecule has 0 aliphatic carbocycles. The van der Waals surface area contributed by atoms with Gasteiger partial charge in [-0.05, 0) is 66.7 Å². The maximum Gasteiger partial charge on any atom is 0.204 e. The van der Waals surface area contributed by atoms with E-state index in [-0.39, 0.29) is 45.6 Å². The summed E-state index contributed by atoms with van der Waals surface area (Å²) in [6, 6.07) is 2.45. The molecule has 3 rings (SSSR count). The second kappa shape index (κ2) is 10.7. The van der Waals surface area contributed by atoms with Gasteiger partial charge in [0.15, 0.2) is 11.5 Å². The number of phenolic OH excluding ortho intramolecular Hbond substituents is 3. The topological polar surface area (TPSA) is 120 Å². The van der Waals surface area contributed by atoms with Gasteiger partial charge in [0.1, 0.15) is 28.1 Å². The standard InChI is InChI=1S/C29H36O7/c1-16(2)8-7-9-17(3)10-11-18-20(30)14-21(31)25-26(33)24-19(12-13-29(4,5)34)27(35-6)22(32)15-23(24)36-28(18)25/h8,10,14-15,30-32,34H,7,9,11-13H2,1-6H3/b17-10+. The van der Waals surface area contributed by atoms with Crippen LogP contribution in [0.2, 0.25) is 0 Å². The van der Waals surface area contributed by atoms with Crippen LogP contribution in [0.5, 0.6) is 23.0 Å². The number of hydrogen-bond acceptors (Lipinski definition) is 7. The van der Waals surface area contributed by atoms with Crippen LogP contribution in [-0.2, 0) is 12.8 Å². The smallest absolute Gasteiger partial charge is 0.204 e. The molecule has 3 aromatic rings. The lowest BCUT2D eigenvalue weighted by Gasteiger charge is -2.19. The fourth-order valence-corrected chi connectivity index (χ4v) is 4.31. The van der Waals surface area contributed by atoms with Crippen molar-refractivity contribution in [3.05, 3.63) is 56.8 Å². The number of methoxy groups -OCH3 is 1. The van der Waals surface area contributed by atoms with E-state index < -0.39 is 16.8 Å². The Morgan fingerprint density at radius 3 is 2.31 bits per heavy atom. The summed E-state index contributed by atoms with van der Waals surface area (Å²) in [5, 5.41) is 42.2. The molecule has 0 saturated heterocycles. The van der Waals surface area contributed by atoms with Gasteiger partial charge >= 0.3 is 0 Å². The molecular weight excluding hydrogens is 460 g/mol. The van der Waals surface area contributed by atoms with Gasteiger partial charge in [-0.1, -0.05) is 23.3 Å². The van der Waals surface area contributed by atoms with E-state index in [0.717, 1.165) is 24.5 Å². The highest BCUT2D eigenvalue weighted by Gasteiger charge is 2.25. The summed E-state index contributed by atoms with van der Waals surface area (Å²) >= 11 is 0. The minimum atomic E-state index is -1.02. The number of benzene rings is 2. The summed E-state index contributed by atoms with van der Waals surface area (Å²) in [7, 11) is 1.39. The summed E-state index contributed by atoms with van der Waals surface area (Å²) in [5.41, 5.74) is 1.78. The van der Waals surface area contributed by atoms with Gasteiger partial charge in [0.2, 0.25) is 5.43 Å². The molecule has 0 aliphatic heterocycles. The first-order valence-electron chi connectivity index (χ1n) is 12.1. The van der Waals surface area contributed by atoms with Crippen LogP contribution < -0.4 is 10.2 Å². The van der Waals surface area contributed by atoms with Crippen molar-refractivity contribution in [1.29, 1.82) is 0 Å². The number of allylic oxidation sites excluding steroid dienone is 4. The van der Waals surface area contributed by atoms with Crippen LogP contribution in [0.25, 0.3) is 21.9 Å². The maximum absolute atomic E-state index is 13.7. The molecule has 0 unspecified atom stereocenters. The van der Waals surface area contributed by atoms with Gasteiger partial charge in [-0.25, -0.2) is 0 Å². The summed E-state index contributed by atoms with van der Waals surface area (Å²) in [5.74, 6) is -0.673. The van der Waals surface area contributed by atoms with Gasteiger partial charge in [0, 0.05) is 23.3 Å². The van der Waals surface area contributed by atoms with E-state index in [1.165, 1.54) is 18.7 Å². The Hall–Kier alpha value is -3.45. The van der Waals surface area contributed by atoms with E-state index in [1.54, 1.807) is 13.8 Å². The zero-order chi connectivity index (χ0) is 26.8. The van der Waals surface area contributed by atoms with Crippen LogP contribution in [-0.4, -0.2) is 33.1 Å². The van der Waals surface area contributed by atoms with Crippen molar-refractivity contribution < 1.29 is 29.6 Å². The van der Waals surface area contributed by atoms with Crippen molar-refractivity contribution in [3.8, 4) is 23.0 Å². The van der Waals surface area contributed by atoms with Crippen molar-refractivity contribution in [2.45, 2.75) is 72.3 Å². The molecule has 0 radical (unpaired) electrons. The van der Waals surface area contributed by atoms with Crippen LogP contribution in [0.15, 0.2) is 44.6 Å². The van der Waals surface area contributed by atoms with Crippen LogP contribution in [0.3, 0.4) is 0 Å². The predicted octanol–water partition coefficient (Wildman–Crippen LogP) is 6.01. The fraction of sp³-hybridized carbons (Fsp3) is 0.414. The first-order valence-corrected chi connectivity index (χ1v) is 12.1. The quantitative estimate of drug-likeness (QED) is 0.211. The molecule has 0 amide bonds. The highest BCUT2D eigenvalue weighted by Crippen LogP contribution is 2.41. The number of fused-ring (bicyclic) bond motifs is 2. The first kappa shape index (κ1) is 27.1. The molecule has 7 nitrogen and oxygen atoms in total. The highest BCUT2D eigenvalue weighted by atomic mass is 16.5. The Labute approximate surface area is 211 Å². The molecule has 0 aliphatic rings. The lowest BCUT2D eigenvalue weighted by atomic mass is 9.94. The maximum atomic E-state index is 13.7. The third-order valence-corrected chi connectivity index (χ3v) is 6.27. The number of ether oxygens (including phenoxy) is 1. The van der Waals surface area contributed by atoms with Crippen molar-refractivity contribution in [2.24, 2.45) is 0 Å². The van der Waals surface area contributed by atoms with Gasteiger partial charge in [0.25, 0.3) is 0 Å². The SMILES string of the molecule is COc1c(O)cc2oc3c(C/C=C(\C)CCC=C(C)C)c(O)cc(O)c3c(=O)c2c1CCC(C)(C)O. The molecule has 0 atom stereocenters. The van der Waals surface area contributed by atoms with Crippen molar-refractivity contribution in [3.63, 3.8) is 0 Å². The highest BCUT2D eigenvalue weighted by molar-refractivity contribution is 5.98. The summed E-state index contributed by atoms with van der Waals surface area (Å²) in [6.07, 6.45) is 6.71. The molecule has 1 heterocycles. The average molecular weight is 497 g/mol. The van der Waals surface area contributed by atoms with Crippen LogP contribution >= 0.6 is 0 Å². The summed E-state index contributed by atoms with van der Waals surface area (Å²) in [6.45, 7) is 9.41. The van der Waals surface area contributed by atoms with E-state index in [9.17, 15) is 25.2 Å². The molecule has 4 N–H and O–H groups in total. The number of phenols is 3. The van der Waals surface area contributed by atoms with Crippen LogP contribution in [0, 0.1) is 0 Å². The monoisotopic (exact) mass is 496 g/mol. The molecule has 36 heavy (non-hydrogen) atoms. The third kappa shape index (κ3) is 5.85.